The molecule has 9 heteroatoms. The monoisotopic (exact) mass is 484 g/mol. The van der Waals surface area contributed by atoms with Gasteiger partial charge >= 0.3 is 11.9 Å². The van der Waals surface area contributed by atoms with Crippen molar-refractivity contribution in [1.29, 1.82) is 0 Å². The highest BCUT2D eigenvalue weighted by Crippen LogP contribution is 2.33. The molecule has 0 aliphatic carbocycles. The third-order valence-electron chi connectivity index (χ3n) is 6.04. The third kappa shape index (κ3) is 3.99. The molecular formula is C27H24N4O5. The van der Waals surface area contributed by atoms with Gasteiger partial charge in [-0.3, -0.25) is 0 Å². The van der Waals surface area contributed by atoms with E-state index in [9.17, 15) is 9.59 Å². The van der Waals surface area contributed by atoms with Crippen LogP contribution < -0.4 is 4.90 Å². The number of carbonyl (C=O) groups excluding carboxylic acids is 2. The molecule has 2 aromatic heterocycles. The molecule has 5 rings (SSSR count). The van der Waals surface area contributed by atoms with Gasteiger partial charge in [0.1, 0.15) is 12.4 Å². The van der Waals surface area contributed by atoms with Crippen LogP contribution in [0.1, 0.15) is 5.69 Å². The van der Waals surface area contributed by atoms with Gasteiger partial charge in [-0.25, -0.2) is 19.1 Å². The minimum absolute atomic E-state index is 0.0485. The Balaban J connectivity index is 1.63. The van der Waals surface area contributed by atoms with E-state index in [0.717, 1.165) is 33.7 Å². The van der Waals surface area contributed by atoms with Crippen molar-refractivity contribution in [2.45, 2.75) is 6.92 Å². The summed E-state index contributed by atoms with van der Waals surface area (Å²) in [7, 11) is 2.53. The Morgan fingerprint density at radius 2 is 1.69 bits per heavy atom. The van der Waals surface area contributed by atoms with Crippen LogP contribution in [-0.4, -0.2) is 54.1 Å². The van der Waals surface area contributed by atoms with E-state index >= 15 is 0 Å². The molecule has 0 fully saturated rings. The summed E-state index contributed by atoms with van der Waals surface area (Å²) in [6.07, 6.45) is 1.75. The Kier molecular flexibility index (Phi) is 6.22. The molecule has 36 heavy (non-hydrogen) atoms. The number of hydrogen-bond donors (Lipinski definition) is 0. The fourth-order valence-electron chi connectivity index (χ4n) is 4.39. The normalized spacial score (nSPS) is 13.7. The van der Waals surface area contributed by atoms with Crippen LogP contribution in [0, 0.1) is 6.92 Å². The van der Waals surface area contributed by atoms with Crippen molar-refractivity contribution in [2.75, 3.05) is 32.5 Å². The molecule has 0 amide bonds. The van der Waals surface area contributed by atoms with E-state index in [2.05, 4.69) is 4.98 Å². The number of nitrogens with zero attached hydrogens (tertiary/aromatic N) is 4. The van der Waals surface area contributed by atoms with E-state index in [-0.39, 0.29) is 24.6 Å². The Morgan fingerprint density at radius 1 is 0.944 bits per heavy atom. The quantitative estimate of drug-likeness (QED) is 0.395. The largest absolute Gasteiger partial charge is 0.466 e. The second kappa shape index (κ2) is 9.63. The highest BCUT2D eigenvalue weighted by molar-refractivity contribution is 6.03. The van der Waals surface area contributed by atoms with Crippen molar-refractivity contribution in [2.24, 2.45) is 0 Å². The van der Waals surface area contributed by atoms with Crippen LogP contribution in [-0.2, 0) is 23.8 Å². The first-order chi connectivity index (χ1) is 17.5. The van der Waals surface area contributed by atoms with E-state index in [4.69, 9.17) is 19.3 Å². The van der Waals surface area contributed by atoms with E-state index in [1.807, 2.05) is 72.1 Å². The molecule has 0 saturated heterocycles. The molecule has 9 nitrogen and oxygen atoms in total. The summed E-state index contributed by atoms with van der Waals surface area (Å²) in [6.45, 7) is 1.98. The van der Waals surface area contributed by atoms with Gasteiger partial charge in [-0.2, -0.15) is 5.10 Å². The number of ether oxygens (including phenoxy) is 3. The maximum Gasteiger partial charge on any atom is 0.355 e. The van der Waals surface area contributed by atoms with Gasteiger partial charge in [0.05, 0.1) is 37.8 Å². The van der Waals surface area contributed by atoms with Gasteiger partial charge in [-0.1, -0.05) is 42.5 Å². The van der Waals surface area contributed by atoms with Crippen LogP contribution in [0.3, 0.4) is 0 Å². The summed E-state index contributed by atoms with van der Waals surface area (Å²) in [5.74, 6) is -1.29. The van der Waals surface area contributed by atoms with E-state index in [1.54, 1.807) is 11.1 Å². The van der Waals surface area contributed by atoms with Gasteiger partial charge in [-0.05, 0) is 30.7 Å². The molecule has 0 saturated carbocycles. The number of aromatic nitrogens is 3. The number of esters is 2. The van der Waals surface area contributed by atoms with Crippen LogP contribution in [0.4, 0.5) is 5.69 Å². The van der Waals surface area contributed by atoms with Crippen molar-refractivity contribution in [3.8, 4) is 22.4 Å². The number of anilines is 1. The lowest BCUT2D eigenvalue weighted by Gasteiger charge is -2.31. The van der Waals surface area contributed by atoms with Crippen LogP contribution >= 0.6 is 0 Å². The first-order valence-corrected chi connectivity index (χ1v) is 11.3. The average Bonchev–Trinajstić information content (AvgIpc) is 3.28. The van der Waals surface area contributed by atoms with Gasteiger partial charge < -0.3 is 19.1 Å². The maximum atomic E-state index is 12.7. The lowest BCUT2D eigenvalue weighted by molar-refractivity contribution is -0.140. The minimum Gasteiger partial charge on any atom is -0.466 e. The van der Waals surface area contributed by atoms with Crippen LogP contribution in [0.2, 0.25) is 0 Å². The zero-order chi connectivity index (χ0) is 25.2. The number of methoxy groups -OCH3 is 2. The first kappa shape index (κ1) is 23.3. The van der Waals surface area contributed by atoms with E-state index in [1.165, 1.54) is 14.2 Å². The Bertz CT molecular complexity index is 1490. The highest BCUT2D eigenvalue weighted by atomic mass is 16.5. The smallest absolute Gasteiger partial charge is 0.355 e. The molecule has 4 aromatic rings. The van der Waals surface area contributed by atoms with Crippen LogP contribution in [0.25, 0.3) is 28.0 Å². The minimum atomic E-state index is -0.648. The van der Waals surface area contributed by atoms with Crippen molar-refractivity contribution in [3.05, 3.63) is 83.8 Å². The van der Waals surface area contributed by atoms with Gasteiger partial charge in [0.2, 0.25) is 0 Å². The van der Waals surface area contributed by atoms with Crippen molar-refractivity contribution >= 4 is 23.3 Å². The molecule has 0 spiro atoms. The Hall–Kier alpha value is -4.50. The second-order valence-electron chi connectivity index (χ2n) is 8.16. The fraction of sp³-hybridized carbons (Fsp3) is 0.185. The van der Waals surface area contributed by atoms with E-state index < -0.39 is 11.9 Å². The molecule has 1 aliphatic heterocycles. The molecular weight excluding hydrogens is 460 g/mol. The number of carbonyl (C=O) groups is 2. The highest BCUT2D eigenvalue weighted by Gasteiger charge is 2.32. The Morgan fingerprint density at radius 3 is 2.44 bits per heavy atom. The lowest BCUT2D eigenvalue weighted by atomic mass is 10.1. The van der Waals surface area contributed by atoms with Crippen molar-refractivity contribution in [1.82, 2.24) is 14.6 Å². The zero-order valence-corrected chi connectivity index (χ0v) is 20.1. The zero-order valence-electron chi connectivity index (χ0n) is 20.1. The molecule has 182 valence electrons. The summed E-state index contributed by atoms with van der Waals surface area (Å²) in [5.41, 5.74) is 6.11. The van der Waals surface area contributed by atoms with Crippen molar-refractivity contribution in [3.63, 3.8) is 0 Å². The third-order valence-corrected chi connectivity index (χ3v) is 6.04. The fourth-order valence-corrected chi connectivity index (χ4v) is 4.39. The molecule has 0 unspecified atom stereocenters. The predicted octanol–water partition coefficient (Wildman–Crippen LogP) is 3.77. The SMILES string of the molecule is COC(=O)C1=C(C(=O)OC)N(c2cccc(-c3ccnc4c(-c5ccccc5)c(C)nn34)c2)COC1. The number of fused-ring (bicyclic) bond motifs is 1. The number of hydrogen-bond acceptors (Lipinski definition) is 8. The topological polar surface area (TPSA) is 95.3 Å². The number of benzene rings is 2. The molecule has 3 heterocycles. The Labute approximate surface area is 207 Å². The molecule has 1 aliphatic rings. The summed E-state index contributed by atoms with van der Waals surface area (Å²) >= 11 is 0. The van der Waals surface area contributed by atoms with E-state index in [0.29, 0.717) is 5.69 Å². The summed E-state index contributed by atoms with van der Waals surface area (Å²) in [5, 5.41) is 4.78. The van der Waals surface area contributed by atoms with Gasteiger partial charge in [0, 0.05) is 23.0 Å². The standard InChI is InChI=1S/C27H24N4O5/c1-17-23(18-8-5-4-6-9-18)25-28-13-12-22(31(25)29-17)19-10-7-11-20(14-19)30-16-36-15-21(26(32)34-2)24(30)27(33)35-3/h4-14H,15-16H2,1-3H3. The lowest BCUT2D eigenvalue weighted by Crippen LogP contribution is -2.38. The van der Waals surface area contributed by atoms with Crippen LogP contribution in [0.15, 0.2) is 78.1 Å². The van der Waals surface area contributed by atoms with Gasteiger partial charge in [0.15, 0.2) is 5.65 Å². The summed E-state index contributed by atoms with van der Waals surface area (Å²) in [6, 6.07) is 19.5. The number of aryl methyl sites for hydroxylation is 1. The van der Waals surface area contributed by atoms with Crippen LogP contribution in [0.5, 0.6) is 0 Å². The van der Waals surface area contributed by atoms with Gasteiger partial charge in [0.25, 0.3) is 0 Å². The molecule has 0 N–H and O–H groups in total. The molecule has 0 bridgehead atoms. The average molecular weight is 485 g/mol. The molecule has 0 radical (unpaired) electrons. The predicted molar refractivity (Wildman–Crippen MR) is 133 cm³/mol. The second-order valence-corrected chi connectivity index (χ2v) is 8.16. The molecule has 0 atom stereocenters. The summed E-state index contributed by atoms with van der Waals surface area (Å²) < 4.78 is 17.3. The maximum absolute atomic E-state index is 12.7. The van der Waals surface area contributed by atoms with Gasteiger partial charge in [-0.15, -0.1) is 0 Å². The number of rotatable bonds is 5. The summed E-state index contributed by atoms with van der Waals surface area (Å²) in [4.78, 5) is 31.2. The van der Waals surface area contributed by atoms with Crippen molar-refractivity contribution < 1.29 is 23.8 Å². The molecule has 2 aromatic carbocycles. The first-order valence-electron chi connectivity index (χ1n) is 11.3.